The lowest BCUT2D eigenvalue weighted by Gasteiger charge is -2.32. The molecule has 1 saturated heterocycles. The van der Waals surface area contributed by atoms with Crippen LogP contribution in [0.15, 0.2) is 36.4 Å². The van der Waals surface area contributed by atoms with E-state index in [1.54, 1.807) is 0 Å². The molecule has 0 aliphatic carbocycles. The van der Waals surface area contributed by atoms with Gasteiger partial charge in [0.25, 0.3) is 0 Å². The van der Waals surface area contributed by atoms with E-state index in [9.17, 15) is 0 Å². The summed E-state index contributed by atoms with van der Waals surface area (Å²) in [6, 6.07) is 12.1. The van der Waals surface area contributed by atoms with Crippen molar-refractivity contribution in [1.29, 1.82) is 0 Å². The molecule has 0 N–H and O–H groups in total. The van der Waals surface area contributed by atoms with Gasteiger partial charge in [0, 0.05) is 26.2 Å². The first kappa shape index (κ1) is 16.8. The SMILES string of the molecule is C1#CCN2CCN(CC#CCOc3ccc4ccc(cc4c3)OC1)CC2. The number of ether oxygens (including phenoxy) is 2. The average molecular weight is 346 g/mol. The van der Waals surface area contributed by atoms with Gasteiger partial charge in [-0.05, 0) is 35.0 Å². The zero-order chi connectivity index (χ0) is 17.6. The Balaban J connectivity index is 1.54. The fraction of sp³-hybridized carbons (Fsp3) is 0.364. The van der Waals surface area contributed by atoms with Crippen molar-refractivity contribution in [1.82, 2.24) is 9.80 Å². The molecule has 4 nitrogen and oxygen atoms in total. The molecule has 5 rings (SSSR count). The average Bonchev–Trinajstić information content (AvgIpc) is 2.67. The second-order valence-electron chi connectivity index (χ2n) is 6.51. The summed E-state index contributed by atoms with van der Waals surface area (Å²) in [6.07, 6.45) is 0. The molecule has 0 amide bonds. The Hall–Kier alpha value is -2.66. The van der Waals surface area contributed by atoms with Crippen LogP contribution in [-0.4, -0.2) is 62.3 Å². The van der Waals surface area contributed by atoms with Gasteiger partial charge in [-0.1, -0.05) is 35.8 Å². The first-order chi connectivity index (χ1) is 12.9. The van der Waals surface area contributed by atoms with Crippen molar-refractivity contribution in [3.63, 3.8) is 0 Å². The maximum absolute atomic E-state index is 5.79. The lowest BCUT2D eigenvalue weighted by atomic mass is 10.1. The lowest BCUT2D eigenvalue weighted by Crippen LogP contribution is -2.46. The largest absolute Gasteiger partial charge is 0.481 e. The van der Waals surface area contributed by atoms with Gasteiger partial charge in [-0.25, -0.2) is 0 Å². The van der Waals surface area contributed by atoms with Crippen LogP contribution in [-0.2, 0) is 0 Å². The molecule has 3 heterocycles. The topological polar surface area (TPSA) is 24.9 Å². The predicted octanol–water partition coefficient (Wildman–Crippen LogP) is 2.24. The molecule has 2 aromatic rings. The molecular formula is C22H22N2O2. The van der Waals surface area contributed by atoms with Crippen LogP contribution in [0.5, 0.6) is 11.5 Å². The standard InChI is InChI=1S/C22H22N2O2/c1-3-15-25-21-7-5-19-6-8-22(18-20(19)17-21)26-16-4-2-10-24-13-11-23(9-1)12-14-24/h5-8,17-18H,9-16H2. The van der Waals surface area contributed by atoms with Gasteiger partial charge in [-0.15, -0.1) is 0 Å². The molecule has 0 atom stereocenters. The number of hydrogen-bond donors (Lipinski definition) is 0. The Morgan fingerprint density at radius 1 is 0.615 bits per heavy atom. The molecule has 3 aliphatic rings. The van der Waals surface area contributed by atoms with E-state index in [4.69, 9.17) is 9.47 Å². The maximum atomic E-state index is 5.79. The first-order valence-corrected chi connectivity index (χ1v) is 9.02. The highest BCUT2D eigenvalue weighted by atomic mass is 16.5. The Labute approximate surface area is 154 Å². The van der Waals surface area contributed by atoms with Gasteiger partial charge < -0.3 is 9.47 Å². The second-order valence-corrected chi connectivity index (χ2v) is 6.51. The van der Waals surface area contributed by atoms with E-state index < -0.39 is 0 Å². The summed E-state index contributed by atoms with van der Waals surface area (Å²) in [4.78, 5) is 4.76. The summed E-state index contributed by atoms with van der Waals surface area (Å²) in [5.41, 5.74) is 0. The minimum Gasteiger partial charge on any atom is -0.481 e. The Bertz CT molecular complexity index is 822. The van der Waals surface area contributed by atoms with Crippen molar-refractivity contribution in [3.8, 4) is 35.2 Å². The van der Waals surface area contributed by atoms with Crippen molar-refractivity contribution in [2.24, 2.45) is 0 Å². The lowest BCUT2D eigenvalue weighted by molar-refractivity contribution is 0.157. The fourth-order valence-electron chi connectivity index (χ4n) is 3.16. The van der Waals surface area contributed by atoms with Gasteiger partial charge in [0.2, 0.25) is 0 Å². The summed E-state index contributed by atoms with van der Waals surface area (Å²) in [5, 5.41) is 2.25. The van der Waals surface area contributed by atoms with Crippen LogP contribution in [0.3, 0.4) is 0 Å². The summed E-state index contributed by atoms with van der Waals surface area (Å²) in [6.45, 7) is 6.58. The van der Waals surface area contributed by atoms with Gasteiger partial charge >= 0.3 is 0 Å². The zero-order valence-electron chi connectivity index (χ0n) is 14.8. The van der Waals surface area contributed by atoms with Crippen LogP contribution in [0.1, 0.15) is 0 Å². The van der Waals surface area contributed by atoms with Gasteiger partial charge in [-0.2, -0.15) is 0 Å². The van der Waals surface area contributed by atoms with E-state index in [-0.39, 0.29) is 0 Å². The van der Waals surface area contributed by atoms with E-state index in [0.717, 1.165) is 61.5 Å². The number of piperazine rings is 1. The Kier molecular flexibility index (Phi) is 5.26. The molecule has 0 unspecified atom stereocenters. The molecule has 2 aromatic carbocycles. The van der Waals surface area contributed by atoms with Crippen molar-refractivity contribution < 1.29 is 9.47 Å². The second kappa shape index (κ2) is 8.15. The van der Waals surface area contributed by atoms with Gasteiger partial charge in [-0.3, -0.25) is 9.80 Å². The summed E-state index contributed by atoms with van der Waals surface area (Å²) < 4.78 is 11.6. The van der Waals surface area contributed by atoms with Crippen LogP contribution >= 0.6 is 0 Å². The number of hydrogen-bond acceptors (Lipinski definition) is 4. The van der Waals surface area contributed by atoms with Crippen LogP contribution in [0.25, 0.3) is 10.8 Å². The van der Waals surface area contributed by atoms with Crippen molar-refractivity contribution in [2.45, 2.75) is 0 Å². The third kappa shape index (κ3) is 4.29. The third-order valence-corrected chi connectivity index (χ3v) is 4.73. The zero-order valence-corrected chi connectivity index (χ0v) is 14.8. The Morgan fingerprint density at radius 3 is 1.62 bits per heavy atom. The van der Waals surface area contributed by atoms with E-state index >= 15 is 0 Å². The highest BCUT2D eigenvalue weighted by molar-refractivity contribution is 5.85. The smallest absolute Gasteiger partial charge is 0.149 e. The third-order valence-electron chi connectivity index (χ3n) is 4.73. The number of fused-ring (bicyclic) bond motifs is 8. The number of benzene rings is 2. The quantitative estimate of drug-likeness (QED) is 0.683. The summed E-state index contributed by atoms with van der Waals surface area (Å²) >= 11 is 0. The van der Waals surface area contributed by atoms with E-state index in [2.05, 4.69) is 45.6 Å². The predicted molar refractivity (Wildman–Crippen MR) is 103 cm³/mol. The first-order valence-electron chi connectivity index (χ1n) is 9.02. The number of nitrogens with zero attached hydrogens (tertiary/aromatic N) is 2. The van der Waals surface area contributed by atoms with Gasteiger partial charge in [0.15, 0.2) is 0 Å². The molecule has 5 bridgehead atoms. The van der Waals surface area contributed by atoms with Crippen molar-refractivity contribution in [2.75, 3.05) is 52.5 Å². The highest BCUT2D eigenvalue weighted by Gasteiger charge is 2.14. The Morgan fingerprint density at radius 2 is 1.12 bits per heavy atom. The van der Waals surface area contributed by atoms with Crippen LogP contribution in [0, 0.1) is 23.7 Å². The summed E-state index contributed by atoms with van der Waals surface area (Å²) in [5.74, 6) is 14.4. The molecule has 26 heavy (non-hydrogen) atoms. The molecule has 132 valence electrons. The van der Waals surface area contributed by atoms with E-state index in [1.807, 2.05) is 24.3 Å². The minimum atomic E-state index is 0.412. The van der Waals surface area contributed by atoms with E-state index in [0.29, 0.717) is 13.2 Å². The molecule has 4 heteroatoms. The van der Waals surface area contributed by atoms with Crippen molar-refractivity contribution >= 4 is 10.8 Å². The molecular weight excluding hydrogens is 324 g/mol. The normalized spacial score (nSPS) is 22.8. The minimum absolute atomic E-state index is 0.412. The monoisotopic (exact) mass is 346 g/mol. The molecule has 3 aliphatic heterocycles. The van der Waals surface area contributed by atoms with Crippen LogP contribution in [0.4, 0.5) is 0 Å². The number of rotatable bonds is 0. The fourth-order valence-corrected chi connectivity index (χ4v) is 3.16. The molecule has 0 radical (unpaired) electrons. The highest BCUT2D eigenvalue weighted by Crippen LogP contribution is 2.25. The summed E-state index contributed by atoms with van der Waals surface area (Å²) in [7, 11) is 0. The molecule has 1 fully saturated rings. The molecule has 0 saturated carbocycles. The molecule has 0 aromatic heterocycles. The van der Waals surface area contributed by atoms with Gasteiger partial charge in [0.1, 0.15) is 24.7 Å². The van der Waals surface area contributed by atoms with Crippen LogP contribution < -0.4 is 9.47 Å². The van der Waals surface area contributed by atoms with Crippen LogP contribution in [0.2, 0.25) is 0 Å². The molecule has 0 spiro atoms. The maximum Gasteiger partial charge on any atom is 0.149 e. The van der Waals surface area contributed by atoms with Gasteiger partial charge in [0.05, 0.1) is 13.1 Å². The van der Waals surface area contributed by atoms with Crippen molar-refractivity contribution in [3.05, 3.63) is 36.4 Å². The van der Waals surface area contributed by atoms with E-state index in [1.165, 1.54) is 0 Å².